The first kappa shape index (κ1) is 19.5. The molecule has 158 valence electrons. The molecule has 4 heterocycles. The van der Waals surface area contributed by atoms with Gasteiger partial charge in [0.25, 0.3) is 5.91 Å². The van der Waals surface area contributed by atoms with Gasteiger partial charge in [-0.25, -0.2) is 0 Å². The van der Waals surface area contributed by atoms with E-state index < -0.39 is 0 Å². The van der Waals surface area contributed by atoms with Gasteiger partial charge in [0.05, 0.1) is 0 Å². The first-order valence-electron chi connectivity index (χ1n) is 10.5. The molecule has 0 saturated carbocycles. The lowest BCUT2D eigenvalue weighted by atomic mass is 9.84. The van der Waals surface area contributed by atoms with E-state index in [1.54, 1.807) is 30.3 Å². The number of carbonyl (C=O) groups excluding carboxylic acids is 1. The number of nitrogens with zero attached hydrogens (tertiary/aromatic N) is 1. The fourth-order valence-corrected chi connectivity index (χ4v) is 4.65. The smallest absolute Gasteiger partial charge is 0.251 e. The van der Waals surface area contributed by atoms with Crippen LogP contribution in [0.2, 0.25) is 5.02 Å². The average Bonchev–Trinajstić information content (AvgIpc) is 2.78. The zero-order valence-electron chi connectivity index (χ0n) is 16.7. The van der Waals surface area contributed by atoms with Gasteiger partial charge in [-0.2, -0.15) is 0 Å². The van der Waals surface area contributed by atoms with Crippen molar-refractivity contribution >= 4 is 17.5 Å². The van der Waals surface area contributed by atoms with Crippen molar-refractivity contribution in [3.63, 3.8) is 0 Å². The first-order valence-corrected chi connectivity index (χ1v) is 10.9. The molecule has 30 heavy (non-hydrogen) atoms. The van der Waals surface area contributed by atoms with E-state index in [2.05, 4.69) is 10.2 Å². The van der Waals surface area contributed by atoms with Crippen LogP contribution in [0.5, 0.6) is 17.2 Å². The molecule has 7 heteroatoms. The van der Waals surface area contributed by atoms with Crippen LogP contribution in [-0.2, 0) is 0 Å². The molecule has 1 amide bonds. The molecular weight excluding hydrogens is 404 g/mol. The molecule has 0 unspecified atom stereocenters. The topological polar surface area (TPSA) is 60.0 Å². The molecule has 0 aromatic heterocycles. The standard InChI is InChI=1S/C23H25ClN2O4/c24-17-2-1-3-18(11-17)28-13-19-14-29-21-5-4-16(10-22(21)30-19)23(27)25-20-12-26-8-6-15(20)7-9-26/h1-5,10-11,15,19-20H,6-9,12-14H2,(H,25,27)/t19-,20-/m0/s1. The number of amides is 1. The van der Waals surface area contributed by atoms with Gasteiger partial charge in [-0.15, -0.1) is 0 Å². The largest absolute Gasteiger partial charge is 0.490 e. The number of hydrogen-bond donors (Lipinski definition) is 1. The Morgan fingerprint density at radius 2 is 2.03 bits per heavy atom. The summed E-state index contributed by atoms with van der Waals surface area (Å²) in [4.78, 5) is 15.3. The van der Waals surface area contributed by atoms with Crippen molar-refractivity contribution in [1.29, 1.82) is 0 Å². The Labute approximate surface area is 181 Å². The summed E-state index contributed by atoms with van der Waals surface area (Å²) < 4.78 is 17.6. The maximum atomic E-state index is 12.8. The predicted octanol–water partition coefficient (Wildman–Crippen LogP) is 3.38. The van der Waals surface area contributed by atoms with E-state index in [9.17, 15) is 4.79 Å². The highest BCUT2D eigenvalue weighted by atomic mass is 35.5. The van der Waals surface area contributed by atoms with Crippen molar-refractivity contribution in [3.05, 3.63) is 53.1 Å². The lowest BCUT2D eigenvalue weighted by molar-refractivity contribution is 0.0530. The molecule has 0 aliphatic carbocycles. The molecule has 2 aromatic carbocycles. The van der Waals surface area contributed by atoms with E-state index in [4.69, 9.17) is 25.8 Å². The van der Waals surface area contributed by atoms with Gasteiger partial charge in [0.1, 0.15) is 19.0 Å². The van der Waals surface area contributed by atoms with Crippen LogP contribution in [0.1, 0.15) is 23.2 Å². The molecule has 0 radical (unpaired) electrons. The summed E-state index contributed by atoms with van der Waals surface area (Å²) in [5, 5.41) is 3.84. The summed E-state index contributed by atoms with van der Waals surface area (Å²) >= 11 is 5.99. The molecule has 0 spiro atoms. The second-order valence-corrected chi connectivity index (χ2v) is 8.64. The molecule has 3 fully saturated rings. The van der Waals surface area contributed by atoms with Crippen molar-refractivity contribution in [2.24, 2.45) is 5.92 Å². The van der Waals surface area contributed by atoms with Crippen LogP contribution in [0.4, 0.5) is 0 Å². The highest BCUT2D eigenvalue weighted by molar-refractivity contribution is 6.30. The van der Waals surface area contributed by atoms with Crippen LogP contribution in [-0.4, -0.2) is 55.8 Å². The molecule has 6 nitrogen and oxygen atoms in total. The van der Waals surface area contributed by atoms with Crippen LogP contribution in [0.15, 0.2) is 42.5 Å². The number of rotatable bonds is 5. The zero-order valence-corrected chi connectivity index (χ0v) is 17.4. The van der Waals surface area contributed by atoms with E-state index in [0.717, 1.165) is 19.6 Å². The van der Waals surface area contributed by atoms with Crippen LogP contribution in [0.3, 0.4) is 0 Å². The van der Waals surface area contributed by atoms with Crippen molar-refractivity contribution < 1.29 is 19.0 Å². The summed E-state index contributed by atoms with van der Waals surface area (Å²) in [6.45, 7) is 3.97. The molecule has 6 rings (SSSR count). The maximum absolute atomic E-state index is 12.8. The fraction of sp³-hybridized carbons (Fsp3) is 0.435. The highest BCUT2D eigenvalue weighted by Gasteiger charge is 2.35. The van der Waals surface area contributed by atoms with E-state index >= 15 is 0 Å². The normalized spacial score (nSPS) is 26.8. The Balaban J connectivity index is 1.21. The molecule has 2 aromatic rings. The Kier molecular flexibility index (Phi) is 5.44. The molecule has 4 aliphatic heterocycles. The lowest BCUT2D eigenvalue weighted by Gasteiger charge is -2.44. The van der Waals surface area contributed by atoms with Crippen LogP contribution < -0.4 is 19.5 Å². The number of hydrogen-bond acceptors (Lipinski definition) is 5. The van der Waals surface area contributed by atoms with Crippen molar-refractivity contribution in [3.8, 4) is 17.2 Å². The highest BCUT2D eigenvalue weighted by Crippen LogP contribution is 2.33. The number of fused-ring (bicyclic) bond motifs is 4. The second-order valence-electron chi connectivity index (χ2n) is 8.20. The molecular formula is C23H25ClN2O4. The Bertz CT molecular complexity index is 929. The molecule has 1 N–H and O–H groups in total. The van der Waals surface area contributed by atoms with Gasteiger partial charge in [-0.3, -0.25) is 4.79 Å². The first-order chi connectivity index (χ1) is 14.6. The molecule has 2 atom stereocenters. The average molecular weight is 429 g/mol. The third kappa shape index (κ3) is 4.20. The summed E-state index contributed by atoms with van der Waals surface area (Å²) in [6.07, 6.45) is 2.07. The summed E-state index contributed by atoms with van der Waals surface area (Å²) in [7, 11) is 0. The Morgan fingerprint density at radius 3 is 2.80 bits per heavy atom. The number of nitrogens with one attached hydrogen (secondary N) is 1. The number of benzene rings is 2. The number of carbonyl (C=O) groups is 1. The van der Waals surface area contributed by atoms with E-state index in [-0.39, 0.29) is 18.1 Å². The van der Waals surface area contributed by atoms with Gasteiger partial charge in [0.2, 0.25) is 0 Å². The summed E-state index contributed by atoms with van der Waals surface area (Å²) in [5.41, 5.74) is 0.588. The minimum atomic E-state index is -0.267. The third-order valence-corrected chi connectivity index (χ3v) is 6.36. The quantitative estimate of drug-likeness (QED) is 0.791. The van der Waals surface area contributed by atoms with E-state index in [1.807, 2.05) is 12.1 Å². The van der Waals surface area contributed by atoms with Gasteiger partial charge >= 0.3 is 0 Å². The Hall–Kier alpha value is -2.44. The number of halogens is 1. The fourth-order valence-electron chi connectivity index (χ4n) is 4.47. The van der Waals surface area contributed by atoms with Crippen LogP contribution >= 0.6 is 11.6 Å². The van der Waals surface area contributed by atoms with E-state index in [0.29, 0.717) is 47.0 Å². The maximum Gasteiger partial charge on any atom is 0.251 e. The van der Waals surface area contributed by atoms with Gasteiger partial charge in [-0.05, 0) is 68.2 Å². The minimum absolute atomic E-state index is 0.0579. The number of piperidine rings is 3. The monoisotopic (exact) mass is 428 g/mol. The summed E-state index contributed by atoms with van der Waals surface area (Å²) in [5.74, 6) is 2.43. The SMILES string of the molecule is O=C(N[C@H]1CN2CCC1CC2)c1ccc2c(c1)O[C@@H](COc1cccc(Cl)c1)CO2. The van der Waals surface area contributed by atoms with Gasteiger partial charge < -0.3 is 24.4 Å². The molecule has 2 bridgehead atoms. The van der Waals surface area contributed by atoms with Gasteiger partial charge in [0, 0.05) is 23.2 Å². The molecule has 3 saturated heterocycles. The second kappa shape index (κ2) is 8.36. The van der Waals surface area contributed by atoms with Crippen molar-refractivity contribution in [2.45, 2.75) is 25.0 Å². The third-order valence-electron chi connectivity index (χ3n) is 6.13. The van der Waals surface area contributed by atoms with Crippen LogP contribution in [0.25, 0.3) is 0 Å². The van der Waals surface area contributed by atoms with Gasteiger partial charge in [-0.1, -0.05) is 17.7 Å². The lowest BCUT2D eigenvalue weighted by Crippen LogP contribution is -2.57. The zero-order chi connectivity index (χ0) is 20.5. The van der Waals surface area contributed by atoms with Crippen LogP contribution in [0, 0.1) is 5.92 Å². The van der Waals surface area contributed by atoms with Crippen molar-refractivity contribution in [2.75, 3.05) is 32.8 Å². The minimum Gasteiger partial charge on any atom is -0.490 e. The van der Waals surface area contributed by atoms with Crippen molar-refractivity contribution in [1.82, 2.24) is 10.2 Å². The van der Waals surface area contributed by atoms with E-state index in [1.165, 1.54) is 12.8 Å². The van der Waals surface area contributed by atoms with Gasteiger partial charge in [0.15, 0.2) is 17.6 Å². The summed E-state index contributed by atoms with van der Waals surface area (Å²) in [6, 6.07) is 12.8. The Morgan fingerprint density at radius 1 is 1.17 bits per heavy atom. The molecule has 4 aliphatic rings. The number of ether oxygens (including phenoxy) is 3. The predicted molar refractivity (Wildman–Crippen MR) is 114 cm³/mol.